The Hall–Kier alpha value is -1.97. The summed E-state index contributed by atoms with van der Waals surface area (Å²) in [5.41, 5.74) is 0. The fraction of sp³-hybridized carbons (Fsp3) is 0.944. The highest BCUT2D eigenvalue weighted by molar-refractivity contribution is 5.67. The van der Waals surface area contributed by atoms with Crippen molar-refractivity contribution in [2.24, 2.45) is 0 Å². The van der Waals surface area contributed by atoms with Crippen molar-refractivity contribution >= 4 is 5.97 Å². The molecule has 0 unspecified atom stereocenters. The van der Waals surface area contributed by atoms with Gasteiger partial charge in [0, 0.05) is 13.2 Å². The fourth-order valence-corrected chi connectivity index (χ4v) is 5.61. The van der Waals surface area contributed by atoms with Crippen LogP contribution in [0.1, 0.15) is 6.42 Å². The standard InChI is InChI=1S/C54H104O27/c1-2-4-57-7-9-59-11-13-61-15-17-63-19-21-65-23-25-67-27-29-69-31-33-71-35-37-73-39-41-75-43-45-77-47-49-79-51-52-80-50-48-78-46-44-76-42-40-74-38-36-72-34-32-70-30-28-68-26-24-66-22-20-64-18-16-62-14-12-60-10-8-58-5-3-6-81-53-54(55)56/h1H,3-53H2,(H,55,56). The van der Waals surface area contributed by atoms with Crippen LogP contribution in [0.4, 0.5) is 0 Å². The van der Waals surface area contributed by atoms with Crippen molar-refractivity contribution in [3.8, 4) is 12.3 Å². The number of carboxylic acid groups (broad SMARTS) is 1. The number of terminal acetylenes is 1. The Kier molecular flexibility index (Phi) is 74.2. The van der Waals surface area contributed by atoms with Crippen molar-refractivity contribution in [2.45, 2.75) is 6.42 Å². The van der Waals surface area contributed by atoms with Gasteiger partial charge in [-0.15, -0.1) is 6.42 Å². The average molecular weight is 1190 g/mol. The summed E-state index contributed by atoms with van der Waals surface area (Å²) < 4.78 is 136. The summed E-state index contributed by atoms with van der Waals surface area (Å²) in [6.07, 6.45) is 5.73. The molecule has 0 aliphatic rings. The first kappa shape index (κ1) is 79.0. The Balaban J connectivity index is 3.08. The monoisotopic (exact) mass is 1180 g/mol. The van der Waals surface area contributed by atoms with E-state index >= 15 is 0 Å². The molecule has 0 aromatic heterocycles. The van der Waals surface area contributed by atoms with Crippen LogP contribution in [0.15, 0.2) is 0 Å². The highest BCUT2D eigenvalue weighted by Gasteiger charge is 2.01. The van der Waals surface area contributed by atoms with Crippen LogP contribution in [-0.4, -0.2) is 341 Å². The number of ether oxygens (including phenoxy) is 25. The molecular weight excluding hydrogens is 1080 g/mol. The quantitative estimate of drug-likeness (QED) is 0.0642. The summed E-state index contributed by atoms with van der Waals surface area (Å²) in [4.78, 5) is 10.3. The molecule has 0 aliphatic carbocycles. The zero-order valence-electron chi connectivity index (χ0n) is 48.7. The molecule has 0 amide bonds. The van der Waals surface area contributed by atoms with Crippen molar-refractivity contribution in [3.05, 3.63) is 0 Å². The molecule has 0 aromatic carbocycles. The maximum Gasteiger partial charge on any atom is 0.329 e. The largest absolute Gasteiger partial charge is 0.480 e. The molecule has 0 aromatic rings. The van der Waals surface area contributed by atoms with E-state index < -0.39 is 5.97 Å². The summed E-state index contributed by atoms with van der Waals surface area (Å²) >= 11 is 0. The van der Waals surface area contributed by atoms with Crippen LogP contribution in [0, 0.1) is 12.3 Å². The second-order valence-electron chi connectivity index (χ2n) is 16.1. The van der Waals surface area contributed by atoms with E-state index in [-0.39, 0.29) is 6.61 Å². The van der Waals surface area contributed by atoms with Gasteiger partial charge < -0.3 is 124 Å². The topological polar surface area (TPSA) is 268 Å². The average Bonchev–Trinajstić information content (AvgIpc) is 3.47. The van der Waals surface area contributed by atoms with Gasteiger partial charge in [-0.3, -0.25) is 0 Å². The third kappa shape index (κ3) is 78.0. The number of aliphatic carboxylic acids is 1. The maximum absolute atomic E-state index is 10.3. The lowest BCUT2D eigenvalue weighted by Gasteiger charge is -2.09. The third-order valence-electron chi connectivity index (χ3n) is 9.54. The third-order valence-corrected chi connectivity index (χ3v) is 9.54. The molecule has 0 atom stereocenters. The van der Waals surface area contributed by atoms with Crippen molar-refractivity contribution in [3.63, 3.8) is 0 Å². The predicted molar refractivity (Wildman–Crippen MR) is 292 cm³/mol. The molecule has 0 radical (unpaired) electrons. The lowest BCUT2D eigenvalue weighted by atomic mass is 10.5. The molecule has 0 spiro atoms. The Bertz CT molecular complexity index is 1200. The molecule has 0 heterocycles. The molecule has 27 heteroatoms. The summed E-state index contributed by atoms with van der Waals surface area (Å²) in [6, 6.07) is 0. The van der Waals surface area contributed by atoms with E-state index in [1.807, 2.05) is 0 Å². The van der Waals surface area contributed by atoms with Gasteiger partial charge in [0.25, 0.3) is 0 Å². The Morgan fingerprint density at radius 3 is 0.469 bits per heavy atom. The second kappa shape index (κ2) is 76.0. The number of hydrogen-bond donors (Lipinski definition) is 1. The van der Waals surface area contributed by atoms with Gasteiger partial charge in [-0.05, 0) is 6.42 Å². The number of carbonyl (C=O) groups is 1. The van der Waals surface area contributed by atoms with Crippen LogP contribution in [0.5, 0.6) is 0 Å². The SMILES string of the molecule is C#CCOCCOCCOCCOCCOCCOCCOCCOCCOCCOCCOCCOCCOCCOCCOCCOCCOCCOCCOCCOCCOCCOCCOCCOCCCOCC(=O)O. The van der Waals surface area contributed by atoms with Crippen LogP contribution in [0.25, 0.3) is 0 Å². The summed E-state index contributed by atoms with van der Waals surface area (Å²) in [7, 11) is 0. The minimum absolute atomic E-state index is 0.288. The molecule has 27 nitrogen and oxygen atoms in total. The fourth-order valence-electron chi connectivity index (χ4n) is 5.61. The first-order valence-electron chi connectivity index (χ1n) is 28.4. The zero-order valence-corrected chi connectivity index (χ0v) is 48.7. The van der Waals surface area contributed by atoms with Gasteiger partial charge in [0.05, 0.1) is 304 Å². The molecule has 0 saturated heterocycles. The van der Waals surface area contributed by atoms with E-state index in [2.05, 4.69) is 5.92 Å². The lowest BCUT2D eigenvalue weighted by Crippen LogP contribution is -2.16. The Morgan fingerprint density at radius 2 is 0.333 bits per heavy atom. The second-order valence-corrected chi connectivity index (χ2v) is 16.1. The van der Waals surface area contributed by atoms with E-state index in [1.54, 1.807) is 0 Å². The van der Waals surface area contributed by atoms with Gasteiger partial charge in [-0.25, -0.2) is 4.79 Å². The summed E-state index contributed by atoms with van der Waals surface area (Å²) in [5, 5.41) is 8.48. The molecule has 81 heavy (non-hydrogen) atoms. The van der Waals surface area contributed by atoms with E-state index in [9.17, 15) is 4.79 Å². The van der Waals surface area contributed by atoms with Gasteiger partial charge in [-0.1, -0.05) is 5.92 Å². The van der Waals surface area contributed by atoms with Crippen molar-refractivity contribution in [1.29, 1.82) is 0 Å². The van der Waals surface area contributed by atoms with Gasteiger partial charge >= 0.3 is 5.97 Å². The molecule has 0 saturated carbocycles. The van der Waals surface area contributed by atoms with E-state index in [0.717, 1.165) is 0 Å². The van der Waals surface area contributed by atoms with Crippen LogP contribution >= 0.6 is 0 Å². The van der Waals surface area contributed by atoms with E-state index in [1.165, 1.54) is 0 Å². The van der Waals surface area contributed by atoms with E-state index in [4.69, 9.17) is 130 Å². The van der Waals surface area contributed by atoms with Crippen molar-refractivity contribution in [1.82, 2.24) is 0 Å². The van der Waals surface area contributed by atoms with Crippen molar-refractivity contribution < 1.29 is 128 Å². The molecular formula is C54H104O27. The Labute approximate surface area is 482 Å². The minimum Gasteiger partial charge on any atom is -0.480 e. The highest BCUT2D eigenvalue weighted by Crippen LogP contribution is 1.92. The predicted octanol–water partition coefficient (Wildman–Crippen LogP) is 0.509. The summed E-state index contributed by atoms with van der Waals surface area (Å²) in [5.74, 6) is 1.42. The zero-order chi connectivity index (χ0) is 58.0. The van der Waals surface area contributed by atoms with Crippen LogP contribution in [0.3, 0.4) is 0 Å². The molecule has 0 aliphatic heterocycles. The molecule has 0 bridgehead atoms. The highest BCUT2D eigenvalue weighted by atomic mass is 16.6. The van der Waals surface area contributed by atoms with Crippen molar-refractivity contribution in [2.75, 3.05) is 330 Å². The number of hydrogen-bond acceptors (Lipinski definition) is 26. The first-order valence-corrected chi connectivity index (χ1v) is 28.4. The Morgan fingerprint density at radius 1 is 0.210 bits per heavy atom. The van der Waals surface area contributed by atoms with E-state index in [0.29, 0.717) is 330 Å². The number of carboxylic acids is 1. The van der Waals surface area contributed by atoms with Crippen LogP contribution < -0.4 is 0 Å². The van der Waals surface area contributed by atoms with Gasteiger partial charge in [-0.2, -0.15) is 0 Å². The first-order chi connectivity index (χ1) is 40.3. The van der Waals surface area contributed by atoms with Crippen LogP contribution in [-0.2, 0) is 123 Å². The molecule has 0 fully saturated rings. The smallest absolute Gasteiger partial charge is 0.329 e. The van der Waals surface area contributed by atoms with Gasteiger partial charge in [0.1, 0.15) is 13.2 Å². The van der Waals surface area contributed by atoms with Gasteiger partial charge in [0.15, 0.2) is 0 Å². The lowest BCUT2D eigenvalue weighted by molar-refractivity contribution is -0.142. The van der Waals surface area contributed by atoms with Gasteiger partial charge in [0.2, 0.25) is 0 Å². The maximum atomic E-state index is 10.3. The molecule has 482 valence electrons. The molecule has 1 N–H and O–H groups in total. The van der Waals surface area contributed by atoms with Crippen LogP contribution in [0.2, 0.25) is 0 Å². The molecule has 0 rings (SSSR count). The minimum atomic E-state index is -0.977. The summed E-state index contributed by atoms with van der Waals surface area (Å²) in [6.45, 7) is 23.1. The normalized spacial score (nSPS) is 11.6. The number of rotatable bonds is 76.